The number of piperidine rings is 1. The van der Waals surface area contributed by atoms with E-state index in [9.17, 15) is 0 Å². The molecule has 2 aromatic rings. The summed E-state index contributed by atoms with van der Waals surface area (Å²) in [5.41, 5.74) is 3.07. The molecule has 3 heteroatoms. The number of azo groups is 1. The van der Waals surface area contributed by atoms with Crippen molar-refractivity contribution in [2.24, 2.45) is 10.2 Å². The third-order valence-electron chi connectivity index (χ3n) is 3.61. The average Bonchev–Trinajstić information content (AvgIpc) is 2.55. The normalized spacial score (nSPS) is 15.7. The van der Waals surface area contributed by atoms with Crippen molar-refractivity contribution in [2.45, 2.75) is 19.3 Å². The largest absolute Gasteiger partial charge is 0.372 e. The Morgan fingerprint density at radius 2 is 1.25 bits per heavy atom. The van der Waals surface area contributed by atoms with Crippen molar-refractivity contribution in [3.63, 3.8) is 0 Å². The molecule has 1 heterocycles. The Labute approximate surface area is 120 Å². The molecule has 2 aromatic carbocycles. The van der Waals surface area contributed by atoms with E-state index in [1.165, 1.54) is 38.0 Å². The minimum Gasteiger partial charge on any atom is -0.372 e. The Kier molecular flexibility index (Phi) is 4.07. The van der Waals surface area contributed by atoms with Crippen LogP contribution >= 0.6 is 0 Å². The fraction of sp³-hybridized carbons (Fsp3) is 0.294. The number of nitrogens with zero attached hydrogens (tertiary/aromatic N) is 3. The van der Waals surface area contributed by atoms with E-state index in [4.69, 9.17) is 0 Å². The number of hydrogen-bond donors (Lipinski definition) is 0. The summed E-state index contributed by atoms with van der Waals surface area (Å²) < 4.78 is 0. The quantitative estimate of drug-likeness (QED) is 0.710. The third-order valence-corrected chi connectivity index (χ3v) is 3.61. The maximum Gasteiger partial charge on any atom is 0.0858 e. The predicted octanol–water partition coefficient (Wildman–Crippen LogP) is 5.09. The average molecular weight is 265 g/mol. The van der Waals surface area contributed by atoms with Crippen LogP contribution in [0.4, 0.5) is 17.1 Å². The first-order chi connectivity index (χ1) is 9.92. The van der Waals surface area contributed by atoms with Crippen LogP contribution in [0.5, 0.6) is 0 Å². The molecule has 1 aliphatic rings. The minimum absolute atomic E-state index is 0.882. The first-order valence-corrected chi connectivity index (χ1v) is 7.24. The number of hydrogen-bond acceptors (Lipinski definition) is 3. The molecular formula is C17H19N3. The van der Waals surface area contributed by atoms with Crippen LogP contribution in [-0.4, -0.2) is 13.1 Å². The van der Waals surface area contributed by atoms with Crippen molar-refractivity contribution >= 4 is 17.1 Å². The van der Waals surface area contributed by atoms with Crippen molar-refractivity contribution in [1.29, 1.82) is 0 Å². The Hall–Kier alpha value is -2.16. The van der Waals surface area contributed by atoms with Crippen LogP contribution in [0, 0.1) is 0 Å². The van der Waals surface area contributed by atoms with Gasteiger partial charge in [-0.2, -0.15) is 10.2 Å². The lowest BCUT2D eigenvalue weighted by Gasteiger charge is -2.28. The zero-order valence-corrected chi connectivity index (χ0v) is 11.6. The molecule has 20 heavy (non-hydrogen) atoms. The molecule has 0 aliphatic carbocycles. The molecular weight excluding hydrogens is 246 g/mol. The second-order valence-electron chi connectivity index (χ2n) is 5.10. The molecule has 0 bridgehead atoms. The summed E-state index contributed by atoms with van der Waals surface area (Å²) in [6.07, 6.45) is 3.96. The van der Waals surface area contributed by atoms with Crippen molar-refractivity contribution in [3.05, 3.63) is 54.6 Å². The molecule has 0 spiro atoms. The lowest BCUT2D eigenvalue weighted by molar-refractivity contribution is 0.578. The van der Waals surface area contributed by atoms with Gasteiger partial charge in [-0.1, -0.05) is 18.2 Å². The maximum absolute atomic E-state index is 4.27. The molecule has 0 radical (unpaired) electrons. The smallest absolute Gasteiger partial charge is 0.0858 e. The van der Waals surface area contributed by atoms with Gasteiger partial charge in [-0.05, 0) is 55.7 Å². The molecule has 0 atom stereocenters. The summed E-state index contributed by atoms with van der Waals surface area (Å²) in [4.78, 5) is 2.45. The summed E-state index contributed by atoms with van der Waals surface area (Å²) >= 11 is 0. The SMILES string of the molecule is c1ccc(N=Nc2ccc(N3CCCCC3)cc2)cc1. The van der Waals surface area contributed by atoms with Gasteiger partial charge in [0.05, 0.1) is 11.4 Å². The molecule has 102 valence electrons. The van der Waals surface area contributed by atoms with Gasteiger partial charge in [0.1, 0.15) is 0 Å². The maximum atomic E-state index is 4.27. The summed E-state index contributed by atoms with van der Waals surface area (Å²) in [6, 6.07) is 18.2. The molecule has 3 nitrogen and oxygen atoms in total. The molecule has 0 aromatic heterocycles. The van der Waals surface area contributed by atoms with Crippen LogP contribution in [0.1, 0.15) is 19.3 Å². The van der Waals surface area contributed by atoms with Crippen LogP contribution < -0.4 is 4.90 Å². The van der Waals surface area contributed by atoms with Crippen LogP contribution in [0.25, 0.3) is 0 Å². The van der Waals surface area contributed by atoms with Gasteiger partial charge in [-0.3, -0.25) is 0 Å². The van der Waals surface area contributed by atoms with E-state index in [1.807, 2.05) is 42.5 Å². The van der Waals surface area contributed by atoms with Gasteiger partial charge in [-0.15, -0.1) is 0 Å². The van der Waals surface area contributed by atoms with Gasteiger partial charge in [0.25, 0.3) is 0 Å². The van der Waals surface area contributed by atoms with Crippen molar-refractivity contribution < 1.29 is 0 Å². The lowest BCUT2D eigenvalue weighted by Crippen LogP contribution is -2.29. The molecule has 1 saturated heterocycles. The Morgan fingerprint density at radius 3 is 1.90 bits per heavy atom. The monoisotopic (exact) mass is 265 g/mol. The van der Waals surface area contributed by atoms with E-state index in [-0.39, 0.29) is 0 Å². The van der Waals surface area contributed by atoms with Gasteiger partial charge in [-0.25, -0.2) is 0 Å². The zero-order chi connectivity index (χ0) is 13.6. The van der Waals surface area contributed by atoms with E-state index in [2.05, 4.69) is 27.3 Å². The fourth-order valence-corrected chi connectivity index (χ4v) is 2.49. The molecule has 3 rings (SSSR count). The van der Waals surface area contributed by atoms with Gasteiger partial charge in [0, 0.05) is 18.8 Å². The standard InChI is InChI=1S/C17H19N3/c1-3-7-15(8-4-1)18-19-16-9-11-17(12-10-16)20-13-5-2-6-14-20/h1,3-4,7-12H,2,5-6,13-14H2. The van der Waals surface area contributed by atoms with Gasteiger partial charge >= 0.3 is 0 Å². The second-order valence-corrected chi connectivity index (χ2v) is 5.10. The van der Waals surface area contributed by atoms with E-state index in [0.29, 0.717) is 0 Å². The number of benzene rings is 2. The van der Waals surface area contributed by atoms with Crippen LogP contribution in [0.15, 0.2) is 64.8 Å². The lowest BCUT2D eigenvalue weighted by atomic mass is 10.1. The summed E-state index contributed by atoms with van der Waals surface area (Å²) in [5.74, 6) is 0. The molecule has 0 N–H and O–H groups in total. The van der Waals surface area contributed by atoms with Crippen molar-refractivity contribution in [1.82, 2.24) is 0 Å². The van der Waals surface area contributed by atoms with Crippen LogP contribution in [0.3, 0.4) is 0 Å². The molecule has 1 aliphatic heterocycles. The summed E-state index contributed by atoms with van der Waals surface area (Å²) in [6.45, 7) is 2.34. The van der Waals surface area contributed by atoms with Gasteiger partial charge in [0.2, 0.25) is 0 Å². The topological polar surface area (TPSA) is 28.0 Å². The summed E-state index contributed by atoms with van der Waals surface area (Å²) in [5, 5.41) is 8.50. The Balaban J connectivity index is 1.68. The summed E-state index contributed by atoms with van der Waals surface area (Å²) in [7, 11) is 0. The highest BCUT2D eigenvalue weighted by Gasteiger charge is 2.10. The fourth-order valence-electron chi connectivity index (χ4n) is 2.49. The van der Waals surface area contributed by atoms with Crippen LogP contribution in [-0.2, 0) is 0 Å². The first-order valence-electron chi connectivity index (χ1n) is 7.24. The van der Waals surface area contributed by atoms with Crippen molar-refractivity contribution in [2.75, 3.05) is 18.0 Å². The number of rotatable bonds is 3. The van der Waals surface area contributed by atoms with E-state index >= 15 is 0 Å². The highest BCUT2D eigenvalue weighted by Crippen LogP contribution is 2.24. The van der Waals surface area contributed by atoms with E-state index < -0.39 is 0 Å². The van der Waals surface area contributed by atoms with Crippen LogP contribution in [0.2, 0.25) is 0 Å². The predicted molar refractivity (Wildman–Crippen MR) is 83.1 cm³/mol. The second kappa shape index (κ2) is 6.33. The third kappa shape index (κ3) is 3.23. The van der Waals surface area contributed by atoms with Crippen molar-refractivity contribution in [3.8, 4) is 0 Å². The van der Waals surface area contributed by atoms with E-state index in [0.717, 1.165) is 11.4 Å². The van der Waals surface area contributed by atoms with Gasteiger partial charge in [0.15, 0.2) is 0 Å². The molecule has 0 saturated carbocycles. The highest BCUT2D eigenvalue weighted by atomic mass is 15.1. The zero-order valence-electron chi connectivity index (χ0n) is 11.6. The number of anilines is 1. The Morgan fingerprint density at radius 1 is 0.650 bits per heavy atom. The molecule has 0 unspecified atom stereocenters. The highest BCUT2D eigenvalue weighted by molar-refractivity contribution is 5.53. The van der Waals surface area contributed by atoms with E-state index in [1.54, 1.807) is 0 Å². The minimum atomic E-state index is 0.882. The Bertz CT molecular complexity index is 555. The van der Waals surface area contributed by atoms with Gasteiger partial charge < -0.3 is 4.90 Å². The molecule has 1 fully saturated rings. The first kappa shape index (κ1) is 12.9. The molecule has 0 amide bonds.